The molecule has 1 saturated heterocycles. The Bertz CT molecular complexity index is 1210. The van der Waals surface area contributed by atoms with Gasteiger partial charge in [-0.3, -0.25) is 4.79 Å². The maximum atomic E-state index is 11.9. The summed E-state index contributed by atoms with van der Waals surface area (Å²) < 4.78 is 16.7. The summed E-state index contributed by atoms with van der Waals surface area (Å²) >= 11 is 0.938. The van der Waals surface area contributed by atoms with Crippen molar-refractivity contribution >= 4 is 27.8 Å². The van der Waals surface area contributed by atoms with Gasteiger partial charge in [-0.15, -0.1) is 0 Å². The summed E-state index contributed by atoms with van der Waals surface area (Å²) in [5, 5.41) is 22.5. The Labute approximate surface area is 168 Å². The number of hydrogen-bond acceptors (Lipinski definition) is 8. The highest BCUT2D eigenvalue weighted by Crippen LogP contribution is 2.34. The van der Waals surface area contributed by atoms with Gasteiger partial charge in [0, 0.05) is 28.8 Å². The van der Waals surface area contributed by atoms with Crippen LogP contribution in [0.15, 0.2) is 49.0 Å². The van der Waals surface area contributed by atoms with Gasteiger partial charge >= 0.3 is 5.63 Å². The van der Waals surface area contributed by atoms with E-state index < -0.39 is 5.63 Å². The first-order valence-corrected chi connectivity index (χ1v) is 9.59. The molecule has 3 heterocycles. The smallest absolute Gasteiger partial charge is 0.343 e. The number of carbonyl (C=O) groups excluding carboxylic acids is 1. The molecule has 0 saturated carbocycles. The van der Waals surface area contributed by atoms with Gasteiger partial charge in [-0.1, -0.05) is 0 Å². The van der Waals surface area contributed by atoms with Crippen molar-refractivity contribution < 1.29 is 28.5 Å². The van der Waals surface area contributed by atoms with Gasteiger partial charge in [0.1, 0.15) is 23.7 Å². The van der Waals surface area contributed by atoms with Crippen molar-refractivity contribution in [2.75, 3.05) is 13.2 Å². The second kappa shape index (κ2) is 7.43. The molecule has 1 aliphatic rings. The molecule has 0 spiro atoms. The van der Waals surface area contributed by atoms with E-state index in [2.05, 4.69) is 0 Å². The number of nitrogens with one attached hydrogen (secondary N) is 1. The molecule has 9 heteroatoms. The highest BCUT2D eigenvalue weighted by atomic mass is 32.2. The molecule has 2 aromatic heterocycles. The number of rotatable bonds is 4. The first-order valence-electron chi connectivity index (χ1n) is 8.77. The van der Waals surface area contributed by atoms with E-state index in [4.69, 9.17) is 13.6 Å². The van der Waals surface area contributed by atoms with Crippen LogP contribution in [0.25, 0.3) is 22.5 Å². The average Bonchev–Trinajstić information content (AvgIpc) is 3.25. The Kier molecular flexibility index (Phi) is 4.95. The minimum Gasteiger partial charge on any atom is -0.628 e. The Balaban J connectivity index is 1.58. The third-order valence-corrected chi connectivity index (χ3v) is 5.57. The summed E-state index contributed by atoms with van der Waals surface area (Å²) in [6.45, 7) is 3.22. The number of benzene rings is 1. The number of quaternary nitrogens is 1. The molecule has 3 aromatic rings. The molecular formula is C20H17NO7S. The molecule has 0 amide bonds. The van der Waals surface area contributed by atoms with Crippen LogP contribution >= 0.6 is 11.8 Å². The maximum Gasteiger partial charge on any atom is 0.343 e. The molecule has 0 aliphatic carbocycles. The summed E-state index contributed by atoms with van der Waals surface area (Å²) in [4.78, 5) is 23.1. The lowest BCUT2D eigenvalue weighted by Crippen LogP contribution is -3.03. The Morgan fingerprint density at radius 1 is 1.24 bits per heavy atom. The third kappa shape index (κ3) is 3.67. The number of furan rings is 1. The van der Waals surface area contributed by atoms with Crippen LogP contribution in [0.2, 0.25) is 0 Å². The summed E-state index contributed by atoms with van der Waals surface area (Å²) in [5.74, 6) is 0.915. The molecule has 0 radical (unpaired) electrons. The van der Waals surface area contributed by atoms with Gasteiger partial charge in [0.25, 0.3) is 5.12 Å². The summed E-state index contributed by atoms with van der Waals surface area (Å²) in [5.41, 5.74) is 0.490. The van der Waals surface area contributed by atoms with E-state index in [1.807, 2.05) is 0 Å². The van der Waals surface area contributed by atoms with Crippen LogP contribution < -0.4 is 15.4 Å². The molecule has 1 aliphatic heterocycles. The quantitative estimate of drug-likeness (QED) is 0.623. The topological polar surface area (TPSA) is 117 Å². The van der Waals surface area contributed by atoms with E-state index in [1.54, 1.807) is 37.3 Å². The zero-order chi connectivity index (χ0) is 20.7. The first kappa shape index (κ1) is 19.3. The van der Waals surface area contributed by atoms with Crippen molar-refractivity contribution in [3.63, 3.8) is 0 Å². The predicted octanol–water partition coefficient (Wildman–Crippen LogP) is 2.25. The molecule has 2 N–H and O–H groups in total. The van der Waals surface area contributed by atoms with Crippen molar-refractivity contribution in [2.45, 2.75) is 13.8 Å². The molecule has 4 rings (SSSR count). The van der Waals surface area contributed by atoms with Crippen molar-refractivity contribution in [1.82, 2.24) is 0 Å². The van der Waals surface area contributed by atoms with Crippen LogP contribution in [0.5, 0.6) is 11.5 Å². The number of carbonyl (C=O) groups is 1. The van der Waals surface area contributed by atoms with E-state index in [0.29, 0.717) is 33.1 Å². The molecule has 1 atom stereocenters. The number of fused-ring (bicyclic) bond motifs is 1. The molecule has 150 valence electrons. The van der Waals surface area contributed by atoms with Gasteiger partial charge in [-0.2, -0.15) is 0 Å². The summed E-state index contributed by atoms with van der Waals surface area (Å²) in [6, 6.07) is 6.85. The van der Waals surface area contributed by atoms with Crippen LogP contribution in [-0.4, -0.2) is 23.4 Å². The fourth-order valence-electron chi connectivity index (χ4n) is 2.99. The van der Waals surface area contributed by atoms with Crippen molar-refractivity contribution in [2.24, 2.45) is 0 Å². The first-order chi connectivity index (χ1) is 13.8. The second-order valence-electron chi connectivity index (χ2n) is 6.58. The van der Waals surface area contributed by atoms with Crippen LogP contribution in [-0.2, 0) is 4.79 Å². The summed E-state index contributed by atoms with van der Waals surface area (Å²) in [6.07, 6.45) is 1.59. The molecule has 0 bridgehead atoms. The van der Waals surface area contributed by atoms with E-state index in [-0.39, 0.29) is 40.4 Å². The summed E-state index contributed by atoms with van der Waals surface area (Å²) in [7, 11) is 0. The second-order valence-corrected chi connectivity index (χ2v) is 7.68. The van der Waals surface area contributed by atoms with Crippen LogP contribution in [0, 0.1) is 19.1 Å². The van der Waals surface area contributed by atoms with E-state index in [1.165, 1.54) is 6.92 Å². The lowest BCUT2D eigenvalue weighted by molar-refractivity contribution is -0.784. The van der Waals surface area contributed by atoms with Crippen molar-refractivity contribution in [3.8, 4) is 23.0 Å². The Morgan fingerprint density at radius 2 is 2.03 bits per heavy atom. The molecule has 1 aromatic carbocycles. The molecule has 29 heavy (non-hydrogen) atoms. The Hall–Kier alpha value is -3.01. The fourth-order valence-corrected chi connectivity index (χ4v) is 3.78. The van der Waals surface area contributed by atoms with Gasteiger partial charge in [-0.25, -0.2) is 4.79 Å². The van der Waals surface area contributed by atoms with Gasteiger partial charge in [0.2, 0.25) is 0 Å². The van der Waals surface area contributed by atoms with E-state index in [9.17, 15) is 19.9 Å². The molecule has 1 fully saturated rings. The Morgan fingerprint density at radius 3 is 2.76 bits per heavy atom. The van der Waals surface area contributed by atoms with Crippen molar-refractivity contribution in [1.29, 1.82) is 0 Å². The molecule has 8 nitrogen and oxygen atoms in total. The predicted molar refractivity (Wildman–Crippen MR) is 107 cm³/mol. The van der Waals surface area contributed by atoms with Gasteiger partial charge < -0.3 is 28.9 Å². The van der Waals surface area contributed by atoms with E-state index in [0.717, 1.165) is 11.8 Å². The normalized spacial score (nSPS) is 18.1. The maximum absolute atomic E-state index is 11.9. The monoisotopic (exact) mass is 415 g/mol. The van der Waals surface area contributed by atoms with Gasteiger partial charge in [0.15, 0.2) is 23.1 Å². The van der Waals surface area contributed by atoms with E-state index >= 15 is 0 Å². The lowest BCUT2D eigenvalue weighted by atomic mass is 10.1. The number of hydrogen-bond donors (Lipinski definition) is 2. The minimum absolute atomic E-state index is 0.0651. The van der Waals surface area contributed by atoms with Crippen LogP contribution in [0.3, 0.4) is 0 Å². The number of thioether (sulfide) groups is 1. The zero-order valence-corrected chi connectivity index (χ0v) is 16.4. The van der Waals surface area contributed by atoms with Crippen LogP contribution in [0.1, 0.15) is 11.1 Å². The number of ether oxygens (including phenoxy) is 1. The lowest BCUT2D eigenvalue weighted by Gasteiger charge is -2.13. The van der Waals surface area contributed by atoms with Gasteiger partial charge in [-0.05, 0) is 38.1 Å². The average molecular weight is 415 g/mol. The third-order valence-electron chi connectivity index (χ3n) is 4.59. The number of aromatic hydroxyl groups is 1. The standard InChI is InChI=1S/C20H17NO7S/c1-10-18(23)11(2)20(24)28-19(10)15-8-12-7-13(3-4-14(12)27-15)26-6-5-16-21(25)9-17(22)29-16/h3-5,7-8,21,23H,6,9H2,1-2H3. The van der Waals surface area contributed by atoms with Crippen LogP contribution in [0.4, 0.5) is 0 Å². The highest BCUT2D eigenvalue weighted by Gasteiger charge is 2.25. The van der Waals surface area contributed by atoms with Crippen molar-refractivity contribution in [3.05, 3.63) is 62.1 Å². The fraction of sp³-hybridized carbons (Fsp3) is 0.200. The molecular weight excluding hydrogens is 398 g/mol. The van der Waals surface area contributed by atoms with Gasteiger partial charge in [0.05, 0.1) is 5.56 Å². The minimum atomic E-state index is -0.626. The largest absolute Gasteiger partial charge is 0.628 e. The SMILES string of the molecule is Cc1c(-c2cc3cc(OCC=C4SC(=O)C[NH+]4[O-])ccc3o2)oc(=O)c(C)c1O. The zero-order valence-electron chi connectivity index (χ0n) is 15.6. The molecule has 1 unspecified atom stereocenters. The highest BCUT2D eigenvalue weighted by molar-refractivity contribution is 8.17. The number of hydroxylamine groups is 2.